The van der Waals surface area contributed by atoms with E-state index in [1.54, 1.807) is 38.1 Å². The highest BCUT2D eigenvalue weighted by molar-refractivity contribution is 9.10. The molecule has 8 heteroatoms. The van der Waals surface area contributed by atoms with Gasteiger partial charge in [0, 0.05) is 10.9 Å². The first-order chi connectivity index (χ1) is 14.3. The van der Waals surface area contributed by atoms with Crippen molar-refractivity contribution in [3.8, 4) is 0 Å². The van der Waals surface area contributed by atoms with Gasteiger partial charge < -0.3 is 20.5 Å². The Morgan fingerprint density at radius 2 is 1.60 bits per heavy atom. The van der Waals surface area contributed by atoms with Crippen molar-refractivity contribution in [2.45, 2.75) is 39.0 Å². The van der Waals surface area contributed by atoms with E-state index < -0.39 is 30.1 Å². The topological polar surface area (TPSA) is 105 Å². The molecule has 0 spiro atoms. The summed E-state index contributed by atoms with van der Waals surface area (Å²) in [6.45, 7) is 3.58. The van der Waals surface area contributed by atoms with Crippen molar-refractivity contribution < 1.29 is 24.2 Å². The van der Waals surface area contributed by atoms with Gasteiger partial charge in [0.2, 0.25) is 5.91 Å². The lowest BCUT2D eigenvalue weighted by Crippen LogP contribution is -2.54. The van der Waals surface area contributed by atoms with E-state index in [0.717, 1.165) is 15.6 Å². The van der Waals surface area contributed by atoms with Gasteiger partial charge in [-0.05, 0) is 29.2 Å². The van der Waals surface area contributed by atoms with Gasteiger partial charge in [-0.25, -0.2) is 9.59 Å². The van der Waals surface area contributed by atoms with Crippen molar-refractivity contribution >= 4 is 33.9 Å². The molecule has 0 saturated heterocycles. The molecule has 30 heavy (non-hydrogen) atoms. The molecule has 0 aliphatic rings. The SMILES string of the molecule is CC(C)[C@H](NC(=O)OCc1ccccc1)C(=O)N[C@@H](Cc1ccc(Br)cc1)C(=O)O. The lowest BCUT2D eigenvalue weighted by Gasteiger charge is -2.24. The summed E-state index contributed by atoms with van der Waals surface area (Å²) in [4.78, 5) is 36.5. The van der Waals surface area contributed by atoms with Gasteiger partial charge in [-0.3, -0.25) is 4.79 Å². The molecule has 0 radical (unpaired) electrons. The van der Waals surface area contributed by atoms with Gasteiger partial charge in [-0.1, -0.05) is 72.2 Å². The van der Waals surface area contributed by atoms with Crippen LogP contribution in [0.5, 0.6) is 0 Å². The summed E-state index contributed by atoms with van der Waals surface area (Å²) in [5, 5.41) is 14.6. The third kappa shape index (κ3) is 7.51. The summed E-state index contributed by atoms with van der Waals surface area (Å²) >= 11 is 3.33. The second-order valence-corrected chi connectivity index (χ2v) is 8.07. The summed E-state index contributed by atoms with van der Waals surface area (Å²) in [5.74, 6) is -2.00. The zero-order valence-corrected chi connectivity index (χ0v) is 18.4. The molecule has 2 atom stereocenters. The summed E-state index contributed by atoms with van der Waals surface area (Å²) in [6.07, 6.45) is -0.620. The first-order valence-corrected chi connectivity index (χ1v) is 10.3. The second kappa shape index (κ2) is 11.3. The Labute approximate surface area is 183 Å². The van der Waals surface area contributed by atoms with Crippen LogP contribution in [0.25, 0.3) is 0 Å². The number of benzene rings is 2. The summed E-state index contributed by atoms with van der Waals surface area (Å²) in [7, 11) is 0. The smallest absolute Gasteiger partial charge is 0.408 e. The monoisotopic (exact) mass is 476 g/mol. The van der Waals surface area contributed by atoms with Crippen molar-refractivity contribution in [3.05, 3.63) is 70.2 Å². The zero-order chi connectivity index (χ0) is 22.1. The van der Waals surface area contributed by atoms with E-state index in [4.69, 9.17) is 4.74 Å². The minimum atomic E-state index is -1.15. The molecule has 0 fully saturated rings. The molecule has 0 aromatic heterocycles. The van der Waals surface area contributed by atoms with Gasteiger partial charge in [0.1, 0.15) is 18.7 Å². The van der Waals surface area contributed by atoms with Crippen LogP contribution in [0, 0.1) is 5.92 Å². The number of nitrogens with one attached hydrogen (secondary N) is 2. The Bertz CT molecular complexity index is 856. The number of carbonyl (C=O) groups excluding carboxylic acids is 2. The molecule has 0 unspecified atom stereocenters. The van der Waals surface area contributed by atoms with Gasteiger partial charge in [-0.2, -0.15) is 0 Å². The Morgan fingerprint density at radius 3 is 2.17 bits per heavy atom. The maximum Gasteiger partial charge on any atom is 0.408 e. The molecule has 3 N–H and O–H groups in total. The highest BCUT2D eigenvalue weighted by atomic mass is 79.9. The van der Waals surface area contributed by atoms with E-state index in [1.165, 1.54) is 0 Å². The molecule has 2 aromatic rings. The Kier molecular flexibility index (Phi) is 8.86. The Balaban J connectivity index is 1.97. The van der Waals surface area contributed by atoms with E-state index >= 15 is 0 Å². The predicted molar refractivity (Wildman–Crippen MR) is 116 cm³/mol. The Morgan fingerprint density at radius 1 is 0.967 bits per heavy atom. The van der Waals surface area contributed by atoms with E-state index in [1.807, 2.05) is 30.3 Å². The van der Waals surface area contributed by atoms with Gasteiger partial charge in [0.25, 0.3) is 0 Å². The van der Waals surface area contributed by atoms with Crippen LogP contribution < -0.4 is 10.6 Å². The third-order valence-electron chi connectivity index (χ3n) is 4.40. The summed E-state index contributed by atoms with van der Waals surface area (Å²) in [5.41, 5.74) is 1.58. The number of carbonyl (C=O) groups is 3. The van der Waals surface area contributed by atoms with Crippen molar-refractivity contribution in [1.82, 2.24) is 10.6 Å². The minimum absolute atomic E-state index is 0.0699. The first kappa shape index (κ1) is 23.4. The summed E-state index contributed by atoms with van der Waals surface area (Å²) < 4.78 is 6.04. The van der Waals surface area contributed by atoms with Gasteiger partial charge >= 0.3 is 12.1 Å². The lowest BCUT2D eigenvalue weighted by molar-refractivity contribution is -0.142. The van der Waals surface area contributed by atoms with Gasteiger partial charge in [0.05, 0.1) is 0 Å². The minimum Gasteiger partial charge on any atom is -0.480 e. The number of ether oxygens (including phenoxy) is 1. The van der Waals surface area contributed by atoms with Crippen molar-refractivity contribution in [3.63, 3.8) is 0 Å². The van der Waals surface area contributed by atoms with E-state index in [2.05, 4.69) is 26.6 Å². The number of hydrogen-bond donors (Lipinski definition) is 3. The molecule has 160 valence electrons. The highest BCUT2D eigenvalue weighted by Gasteiger charge is 2.29. The largest absolute Gasteiger partial charge is 0.480 e. The molecule has 0 aliphatic heterocycles. The van der Waals surface area contributed by atoms with E-state index in [0.29, 0.717) is 0 Å². The number of alkyl carbamates (subject to hydrolysis) is 1. The number of halogens is 1. The molecule has 0 saturated carbocycles. The average molecular weight is 477 g/mol. The zero-order valence-electron chi connectivity index (χ0n) is 16.8. The standard InChI is InChI=1S/C22H25BrN2O5/c1-14(2)19(25-22(29)30-13-16-6-4-3-5-7-16)20(26)24-18(21(27)28)12-15-8-10-17(23)11-9-15/h3-11,14,18-19H,12-13H2,1-2H3,(H,24,26)(H,25,29)(H,27,28)/t18-,19-/m0/s1. The molecule has 0 aliphatic carbocycles. The molecular weight excluding hydrogens is 452 g/mol. The molecule has 2 aromatic carbocycles. The number of hydrogen-bond acceptors (Lipinski definition) is 4. The maximum absolute atomic E-state index is 12.7. The van der Waals surface area contributed by atoms with Crippen LogP contribution in [-0.4, -0.2) is 35.2 Å². The lowest BCUT2D eigenvalue weighted by atomic mass is 10.0. The number of amides is 2. The molecule has 0 bridgehead atoms. The van der Waals surface area contributed by atoms with E-state index in [9.17, 15) is 19.5 Å². The molecule has 7 nitrogen and oxygen atoms in total. The Hall–Kier alpha value is -2.87. The molecular formula is C22H25BrN2O5. The second-order valence-electron chi connectivity index (χ2n) is 7.16. The average Bonchev–Trinajstić information content (AvgIpc) is 2.71. The van der Waals surface area contributed by atoms with E-state index in [-0.39, 0.29) is 18.9 Å². The summed E-state index contributed by atoms with van der Waals surface area (Å²) in [6, 6.07) is 14.3. The fraction of sp³-hybridized carbons (Fsp3) is 0.318. The van der Waals surface area contributed by atoms with Crippen molar-refractivity contribution in [2.75, 3.05) is 0 Å². The fourth-order valence-electron chi connectivity index (χ4n) is 2.74. The fourth-order valence-corrected chi connectivity index (χ4v) is 3.01. The predicted octanol–water partition coefficient (Wildman–Crippen LogP) is 3.51. The van der Waals surface area contributed by atoms with Gasteiger partial charge in [-0.15, -0.1) is 0 Å². The number of rotatable bonds is 9. The van der Waals surface area contributed by atoms with Crippen LogP contribution in [0.15, 0.2) is 59.1 Å². The molecule has 0 heterocycles. The third-order valence-corrected chi connectivity index (χ3v) is 4.93. The number of aliphatic carboxylic acids is 1. The van der Waals surface area contributed by atoms with Crippen molar-refractivity contribution in [2.24, 2.45) is 5.92 Å². The van der Waals surface area contributed by atoms with Crippen LogP contribution in [0.2, 0.25) is 0 Å². The van der Waals surface area contributed by atoms with Crippen molar-refractivity contribution in [1.29, 1.82) is 0 Å². The normalized spacial score (nSPS) is 12.7. The molecule has 2 rings (SSSR count). The van der Waals surface area contributed by atoms with Crippen LogP contribution >= 0.6 is 15.9 Å². The van der Waals surface area contributed by atoms with Crippen LogP contribution in [0.4, 0.5) is 4.79 Å². The van der Waals surface area contributed by atoms with Crippen LogP contribution in [-0.2, 0) is 27.4 Å². The molecule has 2 amide bonds. The van der Waals surface area contributed by atoms with Crippen LogP contribution in [0.1, 0.15) is 25.0 Å². The van der Waals surface area contributed by atoms with Gasteiger partial charge in [0.15, 0.2) is 0 Å². The highest BCUT2D eigenvalue weighted by Crippen LogP contribution is 2.13. The quantitative estimate of drug-likeness (QED) is 0.513. The van der Waals surface area contributed by atoms with Crippen LogP contribution in [0.3, 0.4) is 0 Å². The maximum atomic E-state index is 12.7. The number of carboxylic acids is 1. The first-order valence-electron chi connectivity index (χ1n) is 9.51. The number of carboxylic acid groups (broad SMARTS) is 1.